The van der Waals surface area contributed by atoms with Crippen LogP contribution in [0.3, 0.4) is 0 Å². The van der Waals surface area contributed by atoms with E-state index in [1.165, 1.54) is 14.2 Å². The molecule has 0 aromatic heterocycles. The first-order valence-electron chi connectivity index (χ1n) is 5.73. The molecular weight excluding hydrogens is 280 g/mol. The van der Waals surface area contributed by atoms with E-state index in [1.54, 1.807) is 25.3 Å². The first-order chi connectivity index (χ1) is 9.58. The molecule has 1 aliphatic heterocycles. The van der Waals surface area contributed by atoms with Gasteiger partial charge in [0.05, 0.1) is 21.3 Å². The summed E-state index contributed by atoms with van der Waals surface area (Å²) in [6.07, 6.45) is 1.63. The molecular formula is C13H14N2O4S. The fraction of sp³-hybridized carbons (Fsp3) is 0.231. The highest BCUT2D eigenvalue weighted by Gasteiger charge is 2.21. The van der Waals surface area contributed by atoms with Crippen LogP contribution in [0.4, 0.5) is 0 Å². The van der Waals surface area contributed by atoms with Gasteiger partial charge in [-0.1, -0.05) is 0 Å². The number of hydrogen-bond acceptors (Lipinski definition) is 5. The molecule has 1 aromatic rings. The van der Waals surface area contributed by atoms with E-state index in [0.717, 1.165) is 0 Å². The van der Waals surface area contributed by atoms with Crippen molar-refractivity contribution in [2.75, 3.05) is 21.3 Å². The molecule has 1 aromatic carbocycles. The summed E-state index contributed by atoms with van der Waals surface area (Å²) in [6, 6.07) is 3.41. The molecule has 1 aliphatic rings. The summed E-state index contributed by atoms with van der Waals surface area (Å²) in [5.74, 6) is 1.36. The Kier molecular flexibility index (Phi) is 4.09. The first kappa shape index (κ1) is 14.1. The zero-order chi connectivity index (χ0) is 14.7. The number of amides is 1. The van der Waals surface area contributed by atoms with Crippen LogP contribution >= 0.6 is 12.2 Å². The number of carbonyl (C=O) groups excluding carboxylic acids is 1. The van der Waals surface area contributed by atoms with Gasteiger partial charge in [-0.3, -0.25) is 10.1 Å². The SMILES string of the molecule is COc1cc(OC)c(OC)cc1C=C1NC(=S)NC1=O. The summed E-state index contributed by atoms with van der Waals surface area (Å²) < 4.78 is 15.7. The van der Waals surface area contributed by atoms with E-state index in [1.807, 2.05) is 0 Å². The van der Waals surface area contributed by atoms with Gasteiger partial charge < -0.3 is 19.5 Å². The predicted octanol–water partition coefficient (Wildman–Crippen LogP) is 1.06. The molecule has 0 radical (unpaired) electrons. The van der Waals surface area contributed by atoms with Crippen LogP contribution in [0.1, 0.15) is 5.56 Å². The maximum atomic E-state index is 11.6. The van der Waals surface area contributed by atoms with Crippen molar-refractivity contribution in [2.24, 2.45) is 0 Å². The molecule has 6 nitrogen and oxygen atoms in total. The second-order valence-electron chi connectivity index (χ2n) is 3.92. The molecule has 0 unspecified atom stereocenters. The maximum Gasteiger partial charge on any atom is 0.273 e. The van der Waals surface area contributed by atoms with Crippen LogP contribution in [0.15, 0.2) is 17.8 Å². The van der Waals surface area contributed by atoms with Gasteiger partial charge in [-0.25, -0.2) is 0 Å². The van der Waals surface area contributed by atoms with Crippen LogP contribution in [0.5, 0.6) is 17.2 Å². The van der Waals surface area contributed by atoms with E-state index in [4.69, 9.17) is 26.4 Å². The van der Waals surface area contributed by atoms with Crippen molar-refractivity contribution < 1.29 is 19.0 Å². The Morgan fingerprint density at radius 1 is 1.00 bits per heavy atom. The van der Waals surface area contributed by atoms with Gasteiger partial charge in [0.2, 0.25) is 0 Å². The Labute approximate surface area is 121 Å². The third kappa shape index (κ3) is 2.67. The highest BCUT2D eigenvalue weighted by atomic mass is 32.1. The summed E-state index contributed by atoms with van der Waals surface area (Å²) in [5, 5.41) is 5.54. The molecule has 1 heterocycles. The molecule has 2 N–H and O–H groups in total. The van der Waals surface area contributed by atoms with Gasteiger partial charge in [0, 0.05) is 11.6 Å². The lowest BCUT2D eigenvalue weighted by Crippen LogP contribution is -2.21. The number of nitrogens with one attached hydrogen (secondary N) is 2. The van der Waals surface area contributed by atoms with Gasteiger partial charge in [-0.2, -0.15) is 0 Å². The second-order valence-corrected chi connectivity index (χ2v) is 4.32. The third-order valence-corrected chi connectivity index (χ3v) is 2.96. The molecule has 106 valence electrons. The number of thiocarbonyl (C=S) groups is 1. The monoisotopic (exact) mass is 294 g/mol. The number of benzene rings is 1. The van der Waals surface area contributed by atoms with E-state index >= 15 is 0 Å². The minimum Gasteiger partial charge on any atom is -0.496 e. The fourth-order valence-electron chi connectivity index (χ4n) is 1.80. The Bertz CT molecular complexity index is 598. The topological polar surface area (TPSA) is 68.8 Å². The number of carbonyl (C=O) groups is 1. The molecule has 2 rings (SSSR count). The number of hydrogen-bond donors (Lipinski definition) is 2. The quantitative estimate of drug-likeness (QED) is 0.639. The number of rotatable bonds is 4. The maximum absolute atomic E-state index is 11.6. The smallest absolute Gasteiger partial charge is 0.273 e. The highest BCUT2D eigenvalue weighted by Crippen LogP contribution is 2.35. The summed E-state index contributed by atoms with van der Waals surface area (Å²) in [4.78, 5) is 11.6. The van der Waals surface area contributed by atoms with Gasteiger partial charge in [-0.05, 0) is 24.4 Å². The first-order valence-corrected chi connectivity index (χ1v) is 6.14. The van der Waals surface area contributed by atoms with Crippen LogP contribution in [-0.4, -0.2) is 32.3 Å². The van der Waals surface area contributed by atoms with Crippen molar-refractivity contribution in [3.8, 4) is 17.2 Å². The van der Waals surface area contributed by atoms with Gasteiger partial charge in [0.25, 0.3) is 5.91 Å². The molecule has 0 bridgehead atoms. The van der Waals surface area contributed by atoms with Crippen LogP contribution in [-0.2, 0) is 4.79 Å². The molecule has 1 fully saturated rings. The summed E-state index contributed by atoms with van der Waals surface area (Å²) in [5.41, 5.74) is 1.02. The molecule has 1 amide bonds. The van der Waals surface area contributed by atoms with Crippen LogP contribution in [0.2, 0.25) is 0 Å². The zero-order valence-electron chi connectivity index (χ0n) is 11.3. The predicted molar refractivity (Wildman–Crippen MR) is 78.0 cm³/mol. The third-order valence-electron chi connectivity index (χ3n) is 2.76. The Balaban J connectivity index is 2.48. The lowest BCUT2D eigenvalue weighted by Gasteiger charge is -2.12. The van der Waals surface area contributed by atoms with Gasteiger partial charge >= 0.3 is 0 Å². The molecule has 0 atom stereocenters. The van der Waals surface area contributed by atoms with Crippen LogP contribution in [0.25, 0.3) is 6.08 Å². The largest absolute Gasteiger partial charge is 0.496 e. The fourth-order valence-corrected chi connectivity index (χ4v) is 2.01. The standard InChI is InChI=1S/C13H14N2O4S/c1-17-9-6-11(19-3)10(18-2)5-7(9)4-8-12(16)15-13(20)14-8/h4-6H,1-3H3,(H2,14,15,16,20). The second kappa shape index (κ2) is 5.79. The van der Waals surface area contributed by atoms with Gasteiger partial charge in [0.1, 0.15) is 11.4 Å². The summed E-state index contributed by atoms with van der Waals surface area (Å²) in [7, 11) is 4.62. The van der Waals surface area contributed by atoms with Crippen molar-refractivity contribution in [3.63, 3.8) is 0 Å². The lowest BCUT2D eigenvalue weighted by atomic mass is 10.1. The zero-order valence-corrected chi connectivity index (χ0v) is 12.1. The minimum absolute atomic E-state index is 0.278. The minimum atomic E-state index is -0.285. The molecule has 1 saturated heterocycles. The molecule has 0 aliphatic carbocycles. The van der Waals surface area contributed by atoms with Crippen LogP contribution in [0, 0.1) is 0 Å². The van der Waals surface area contributed by atoms with E-state index < -0.39 is 0 Å². The number of ether oxygens (including phenoxy) is 3. The van der Waals surface area contributed by atoms with E-state index in [-0.39, 0.29) is 11.0 Å². The van der Waals surface area contributed by atoms with Crippen molar-refractivity contribution in [3.05, 3.63) is 23.4 Å². The van der Waals surface area contributed by atoms with E-state index in [9.17, 15) is 4.79 Å². The summed E-state index contributed by atoms with van der Waals surface area (Å²) in [6.45, 7) is 0. The van der Waals surface area contributed by atoms with Crippen LogP contribution < -0.4 is 24.8 Å². The normalized spacial score (nSPS) is 15.8. The summed E-state index contributed by atoms with van der Waals surface area (Å²) >= 11 is 4.88. The Hall–Kier alpha value is -2.28. The Morgan fingerprint density at radius 3 is 2.10 bits per heavy atom. The molecule has 0 spiro atoms. The highest BCUT2D eigenvalue weighted by molar-refractivity contribution is 7.80. The van der Waals surface area contributed by atoms with Gasteiger partial charge in [0.15, 0.2) is 16.6 Å². The molecule has 0 saturated carbocycles. The van der Waals surface area contributed by atoms with Gasteiger partial charge in [-0.15, -0.1) is 0 Å². The Morgan fingerprint density at radius 2 is 1.60 bits per heavy atom. The molecule has 7 heteroatoms. The molecule has 20 heavy (non-hydrogen) atoms. The lowest BCUT2D eigenvalue weighted by molar-refractivity contribution is -0.115. The number of methoxy groups -OCH3 is 3. The van der Waals surface area contributed by atoms with E-state index in [0.29, 0.717) is 28.5 Å². The van der Waals surface area contributed by atoms with Crippen molar-refractivity contribution in [2.45, 2.75) is 0 Å². The van der Waals surface area contributed by atoms with Crippen molar-refractivity contribution in [1.82, 2.24) is 10.6 Å². The average Bonchev–Trinajstić information content (AvgIpc) is 2.76. The average molecular weight is 294 g/mol. The van der Waals surface area contributed by atoms with Crippen molar-refractivity contribution >= 4 is 29.3 Å². The van der Waals surface area contributed by atoms with E-state index in [2.05, 4.69) is 10.6 Å². The van der Waals surface area contributed by atoms with Crippen molar-refractivity contribution in [1.29, 1.82) is 0 Å².